The maximum Gasteiger partial charge on any atom is 0.279 e. The fourth-order valence-corrected chi connectivity index (χ4v) is 1.98. The Labute approximate surface area is 128 Å². The molecule has 0 radical (unpaired) electrons. The van der Waals surface area contributed by atoms with Gasteiger partial charge in [-0.05, 0) is 25.1 Å². The molecule has 0 saturated carbocycles. The van der Waals surface area contributed by atoms with Crippen LogP contribution in [0.15, 0.2) is 36.4 Å². The minimum atomic E-state index is -0.828. The molecule has 8 nitrogen and oxygen atoms in total. The van der Waals surface area contributed by atoms with Crippen LogP contribution in [0.5, 0.6) is 0 Å². The smallest absolute Gasteiger partial charge is 0.279 e. The number of nitro benzene ring substituents is 2. The third kappa shape index (κ3) is 3.46. The Balaban J connectivity index is 2.46. The molecular weight excluding hydrogens is 309 g/mol. The van der Waals surface area contributed by atoms with Gasteiger partial charge in [0.15, 0.2) is 0 Å². The molecule has 0 saturated heterocycles. The summed E-state index contributed by atoms with van der Waals surface area (Å²) in [6.07, 6.45) is 0. The standard InChI is InChI=1S/C14H10FN3O5/c1-8-12(6-11(17(20)21)7-13(8)18(22)23)14(19)16-10-4-2-3-9(15)5-10/h2-7H,1H3,(H,16,19). The highest BCUT2D eigenvalue weighted by Crippen LogP contribution is 2.28. The Hall–Kier alpha value is -3.36. The number of nitrogens with one attached hydrogen (secondary N) is 1. The number of amides is 1. The first kappa shape index (κ1) is 16.0. The lowest BCUT2D eigenvalue weighted by Gasteiger charge is -2.08. The van der Waals surface area contributed by atoms with Gasteiger partial charge in [-0.25, -0.2) is 4.39 Å². The SMILES string of the molecule is Cc1c(C(=O)Nc2cccc(F)c2)cc([N+](=O)[O-])cc1[N+](=O)[O-]. The number of carbonyl (C=O) groups excluding carboxylic acids is 1. The maximum absolute atomic E-state index is 13.1. The zero-order valence-corrected chi connectivity index (χ0v) is 11.8. The number of benzene rings is 2. The summed E-state index contributed by atoms with van der Waals surface area (Å²) in [7, 11) is 0. The van der Waals surface area contributed by atoms with E-state index in [1.165, 1.54) is 25.1 Å². The monoisotopic (exact) mass is 319 g/mol. The minimum Gasteiger partial charge on any atom is -0.322 e. The Kier molecular flexibility index (Phi) is 4.30. The number of anilines is 1. The van der Waals surface area contributed by atoms with Crippen LogP contribution in [0.2, 0.25) is 0 Å². The fourth-order valence-electron chi connectivity index (χ4n) is 1.98. The average molecular weight is 319 g/mol. The van der Waals surface area contributed by atoms with Crippen LogP contribution < -0.4 is 5.32 Å². The molecule has 0 aromatic heterocycles. The highest BCUT2D eigenvalue weighted by molar-refractivity contribution is 6.06. The molecule has 2 aromatic carbocycles. The van der Waals surface area contributed by atoms with Crippen LogP contribution in [0.1, 0.15) is 15.9 Å². The van der Waals surface area contributed by atoms with Crippen molar-refractivity contribution >= 4 is 23.0 Å². The molecule has 0 bridgehead atoms. The van der Waals surface area contributed by atoms with E-state index >= 15 is 0 Å². The molecule has 1 amide bonds. The Bertz CT molecular complexity index is 822. The van der Waals surface area contributed by atoms with Gasteiger partial charge in [0, 0.05) is 17.3 Å². The van der Waals surface area contributed by atoms with Crippen LogP contribution in [0, 0.1) is 33.0 Å². The number of non-ortho nitro benzene ring substituents is 1. The lowest BCUT2D eigenvalue weighted by Crippen LogP contribution is -2.15. The van der Waals surface area contributed by atoms with Crippen LogP contribution in [-0.2, 0) is 0 Å². The van der Waals surface area contributed by atoms with Crippen LogP contribution in [0.25, 0.3) is 0 Å². The normalized spacial score (nSPS) is 10.2. The summed E-state index contributed by atoms with van der Waals surface area (Å²) in [5, 5.41) is 24.2. The van der Waals surface area contributed by atoms with E-state index in [2.05, 4.69) is 5.32 Å². The minimum absolute atomic E-state index is 0.0190. The van der Waals surface area contributed by atoms with E-state index in [0.29, 0.717) is 0 Å². The lowest BCUT2D eigenvalue weighted by molar-refractivity contribution is -0.394. The van der Waals surface area contributed by atoms with E-state index in [1.54, 1.807) is 0 Å². The molecule has 2 aromatic rings. The van der Waals surface area contributed by atoms with Crippen LogP contribution in [0.3, 0.4) is 0 Å². The quantitative estimate of drug-likeness (QED) is 0.686. The van der Waals surface area contributed by atoms with Gasteiger partial charge in [0.25, 0.3) is 17.3 Å². The van der Waals surface area contributed by atoms with Gasteiger partial charge in [-0.15, -0.1) is 0 Å². The van der Waals surface area contributed by atoms with Crippen molar-refractivity contribution in [1.82, 2.24) is 0 Å². The van der Waals surface area contributed by atoms with Crippen molar-refractivity contribution in [2.75, 3.05) is 5.32 Å². The van der Waals surface area contributed by atoms with Gasteiger partial charge in [-0.2, -0.15) is 0 Å². The van der Waals surface area contributed by atoms with Gasteiger partial charge in [0.1, 0.15) is 5.82 Å². The molecule has 0 aliphatic rings. The van der Waals surface area contributed by atoms with Gasteiger partial charge < -0.3 is 5.32 Å². The van der Waals surface area contributed by atoms with Crippen LogP contribution >= 0.6 is 0 Å². The van der Waals surface area contributed by atoms with Gasteiger partial charge in [0.2, 0.25) is 0 Å². The van der Waals surface area contributed by atoms with Crippen molar-refractivity contribution in [2.24, 2.45) is 0 Å². The van der Waals surface area contributed by atoms with E-state index in [4.69, 9.17) is 0 Å². The fraction of sp³-hybridized carbons (Fsp3) is 0.0714. The number of hydrogen-bond donors (Lipinski definition) is 1. The molecule has 1 N–H and O–H groups in total. The highest BCUT2D eigenvalue weighted by atomic mass is 19.1. The molecule has 0 aliphatic heterocycles. The second-order valence-electron chi connectivity index (χ2n) is 4.62. The van der Waals surface area contributed by atoms with Gasteiger partial charge in [0.05, 0.1) is 21.5 Å². The summed E-state index contributed by atoms with van der Waals surface area (Å²) >= 11 is 0. The van der Waals surface area contributed by atoms with E-state index in [0.717, 1.165) is 18.2 Å². The molecule has 0 aliphatic carbocycles. The Morgan fingerprint density at radius 1 is 1.13 bits per heavy atom. The lowest BCUT2D eigenvalue weighted by atomic mass is 10.0. The first-order chi connectivity index (χ1) is 10.8. The van der Waals surface area contributed by atoms with Crippen molar-refractivity contribution < 1.29 is 19.0 Å². The second-order valence-corrected chi connectivity index (χ2v) is 4.62. The summed E-state index contributed by atoms with van der Waals surface area (Å²) in [6.45, 7) is 1.31. The molecule has 9 heteroatoms. The molecule has 2 rings (SSSR count). The third-order valence-corrected chi connectivity index (χ3v) is 3.10. The van der Waals surface area contributed by atoms with E-state index in [1.807, 2.05) is 0 Å². The largest absolute Gasteiger partial charge is 0.322 e. The first-order valence-electron chi connectivity index (χ1n) is 6.30. The number of halogens is 1. The van der Waals surface area contributed by atoms with E-state index in [-0.39, 0.29) is 16.8 Å². The number of nitrogens with zero attached hydrogens (tertiary/aromatic N) is 2. The molecule has 0 spiro atoms. The Morgan fingerprint density at radius 2 is 1.83 bits per heavy atom. The van der Waals surface area contributed by atoms with Crippen molar-refractivity contribution in [3.8, 4) is 0 Å². The predicted octanol–water partition coefficient (Wildman–Crippen LogP) is 3.20. The van der Waals surface area contributed by atoms with E-state index < -0.39 is 32.9 Å². The molecule has 0 atom stereocenters. The van der Waals surface area contributed by atoms with E-state index in [9.17, 15) is 29.4 Å². The highest BCUT2D eigenvalue weighted by Gasteiger charge is 2.24. The topological polar surface area (TPSA) is 115 Å². The molecule has 0 unspecified atom stereocenters. The molecule has 0 fully saturated rings. The number of rotatable bonds is 4. The van der Waals surface area contributed by atoms with Gasteiger partial charge >= 0.3 is 0 Å². The molecule has 23 heavy (non-hydrogen) atoms. The summed E-state index contributed by atoms with van der Waals surface area (Å²) in [6, 6.07) is 6.75. The molecular formula is C14H10FN3O5. The Morgan fingerprint density at radius 3 is 2.39 bits per heavy atom. The van der Waals surface area contributed by atoms with Crippen LogP contribution in [-0.4, -0.2) is 15.8 Å². The summed E-state index contributed by atoms with van der Waals surface area (Å²) in [5.74, 6) is -1.38. The maximum atomic E-state index is 13.1. The number of carbonyl (C=O) groups is 1. The van der Waals surface area contributed by atoms with Gasteiger partial charge in [-0.3, -0.25) is 25.0 Å². The first-order valence-corrected chi connectivity index (χ1v) is 6.30. The average Bonchev–Trinajstić information content (AvgIpc) is 2.46. The summed E-state index contributed by atoms with van der Waals surface area (Å²) < 4.78 is 13.1. The van der Waals surface area contributed by atoms with Crippen molar-refractivity contribution in [2.45, 2.75) is 6.92 Å². The second kappa shape index (κ2) is 6.18. The third-order valence-electron chi connectivity index (χ3n) is 3.10. The number of hydrogen-bond acceptors (Lipinski definition) is 5. The zero-order valence-electron chi connectivity index (χ0n) is 11.8. The number of nitro groups is 2. The van der Waals surface area contributed by atoms with Crippen molar-refractivity contribution in [3.05, 3.63) is 73.6 Å². The van der Waals surface area contributed by atoms with Crippen LogP contribution in [0.4, 0.5) is 21.5 Å². The summed E-state index contributed by atoms with van der Waals surface area (Å²) in [4.78, 5) is 32.4. The zero-order chi connectivity index (χ0) is 17.1. The van der Waals surface area contributed by atoms with Crippen molar-refractivity contribution in [3.63, 3.8) is 0 Å². The molecule has 0 heterocycles. The predicted molar refractivity (Wildman–Crippen MR) is 78.8 cm³/mol. The summed E-state index contributed by atoms with van der Waals surface area (Å²) in [5.41, 5.74) is -1.23. The molecule has 118 valence electrons. The van der Waals surface area contributed by atoms with Crippen molar-refractivity contribution in [1.29, 1.82) is 0 Å². The van der Waals surface area contributed by atoms with Gasteiger partial charge in [-0.1, -0.05) is 6.07 Å².